The summed E-state index contributed by atoms with van der Waals surface area (Å²) in [5, 5.41) is 2.67. The van der Waals surface area contributed by atoms with Crippen molar-refractivity contribution in [3.63, 3.8) is 0 Å². The molecule has 1 aromatic carbocycles. The highest BCUT2D eigenvalue weighted by molar-refractivity contribution is 6.04. The SMILES string of the molecule is COCc1ccc(NC(=O)c2ccccc2)c(=O)n1Cc1nc2c(F)cnc(CC(C)C)c2[nH]1. The van der Waals surface area contributed by atoms with Gasteiger partial charge < -0.3 is 19.6 Å². The molecule has 176 valence electrons. The minimum atomic E-state index is -0.529. The first-order valence-corrected chi connectivity index (χ1v) is 11.0. The van der Waals surface area contributed by atoms with E-state index in [0.29, 0.717) is 34.9 Å². The number of anilines is 1. The van der Waals surface area contributed by atoms with Gasteiger partial charge in [0.05, 0.1) is 30.6 Å². The molecule has 1 amide bonds. The van der Waals surface area contributed by atoms with Crippen LogP contribution in [0.1, 0.15) is 41.4 Å². The van der Waals surface area contributed by atoms with Gasteiger partial charge in [-0.2, -0.15) is 0 Å². The van der Waals surface area contributed by atoms with E-state index in [0.717, 1.165) is 5.69 Å². The molecule has 0 fully saturated rings. The summed E-state index contributed by atoms with van der Waals surface area (Å²) in [6.45, 7) is 4.33. The Morgan fingerprint density at radius 2 is 1.97 bits per heavy atom. The standard InChI is InChI=1S/C25H26FN5O3/c1-15(2)11-20-23-22(18(26)12-27-20)29-21(30-23)13-31-17(14-34-3)9-10-19(25(31)33)28-24(32)16-7-5-4-6-8-16/h4-10,12,15H,11,13-14H2,1-3H3,(H,28,32)(H,29,30). The molecular formula is C25H26FN5O3. The third-order valence-electron chi connectivity index (χ3n) is 5.35. The number of carbonyl (C=O) groups is 1. The molecule has 3 aromatic heterocycles. The van der Waals surface area contributed by atoms with Gasteiger partial charge in [0, 0.05) is 18.4 Å². The van der Waals surface area contributed by atoms with E-state index in [1.165, 1.54) is 17.9 Å². The number of imidazole rings is 1. The fourth-order valence-electron chi connectivity index (χ4n) is 3.77. The Morgan fingerprint density at radius 1 is 1.21 bits per heavy atom. The highest BCUT2D eigenvalue weighted by Gasteiger charge is 2.17. The molecule has 0 aliphatic carbocycles. The number of ether oxygens (including phenoxy) is 1. The number of halogens is 1. The van der Waals surface area contributed by atoms with Crippen LogP contribution in [-0.4, -0.2) is 32.5 Å². The van der Waals surface area contributed by atoms with Crippen LogP contribution in [0, 0.1) is 11.7 Å². The Labute approximate surface area is 195 Å². The molecule has 8 nitrogen and oxygen atoms in total. The third kappa shape index (κ3) is 4.89. The fraction of sp³-hybridized carbons (Fsp3) is 0.280. The van der Waals surface area contributed by atoms with Crippen LogP contribution < -0.4 is 10.9 Å². The van der Waals surface area contributed by atoms with E-state index in [-0.39, 0.29) is 30.3 Å². The Balaban J connectivity index is 1.71. The lowest BCUT2D eigenvalue weighted by molar-refractivity contribution is 0.102. The predicted octanol–water partition coefficient (Wildman–Crippen LogP) is 3.90. The number of hydrogen-bond acceptors (Lipinski definition) is 5. The maximum Gasteiger partial charge on any atom is 0.275 e. The van der Waals surface area contributed by atoms with Crippen LogP contribution in [0.2, 0.25) is 0 Å². The summed E-state index contributed by atoms with van der Waals surface area (Å²) >= 11 is 0. The van der Waals surface area contributed by atoms with Gasteiger partial charge in [-0.25, -0.2) is 9.37 Å². The van der Waals surface area contributed by atoms with Crippen molar-refractivity contribution in [1.82, 2.24) is 19.5 Å². The lowest BCUT2D eigenvalue weighted by atomic mass is 10.1. The number of methoxy groups -OCH3 is 1. The van der Waals surface area contributed by atoms with Crippen molar-refractivity contribution < 1.29 is 13.9 Å². The molecule has 0 radical (unpaired) electrons. The molecular weight excluding hydrogens is 437 g/mol. The second-order valence-electron chi connectivity index (χ2n) is 8.44. The van der Waals surface area contributed by atoms with Gasteiger partial charge in [-0.05, 0) is 36.6 Å². The minimum Gasteiger partial charge on any atom is -0.378 e. The quantitative estimate of drug-likeness (QED) is 0.413. The number of amides is 1. The van der Waals surface area contributed by atoms with Crippen LogP contribution >= 0.6 is 0 Å². The monoisotopic (exact) mass is 463 g/mol. The van der Waals surface area contributed by atoms with Gasteiger partial charge in [-0.15, -0.1) is 0 Å². The van der Waals surface area contributed by atoms with Crippen molar-refractivity contribution in [3.8, 4) is 0 Å². The van der Waals surface area contributed by atoms with E-state index in [1.54, 1.807) is 36.4 Å². The van der Waals surface area contributed by atoms with Crippen molar-refractivity contribution >= 4 is 22.6 Å². The van der Waals surface area contributed by atoms with Gasteiger partial charge >= 0.3 is 0 Å². The van der Waals surface area contributed by atoms with Gasteiger partial charge in [0.15, 0.2) is 5.82 Å². The zero-order valence-electron chi connectivity index (χ0n) is 19.3. The number of carbonyl (C=O) groups excluding carboxylic acids is 1. The maximum atomic E-state index is 14.4. The first-order chi connectivity index (χ1) is 16.4. The minimum absolute atomic E-state index is 0.0435. The summed E-state index contributed by atoms with van der Waals surface area (Å²) in [5.41, 5.74) is 2.17. The van der Waals surface area contributed by atoms with Gasteiger partial charge in [-0.1, -0.05) is 32.0 Å². The number of rotatable bonds is 8. The Morgan fingerprint density at radius 3 is 2.68 bits per heavy atom. The Hall–Kier alpha value is -3.85. The molecule has 9 heteroatoms. The highest BCUT2D eigenvalue weighted by Crippen LogP contribution is 2.21. The van der Waals surface area contributed by atoms with Crippen LogP contribution in [0.3, 0.4) is 0 Å². The summed E-state index contributed by atoms with van der Waals surface area (Å²) in [7, 11) is 1.53. The summed E-state index contributed by atoms with van der Waals surface area (Å²) < 4.78 is 21.1. The molecule has 3 heterocycles. The van der Waals surface area contributed by atoms with E-state index < -0.39 is 11.4 Å². The molecule has 0 spiro atoms. The van der Waals surface area contributed by atoms with Crippen molar-refractivity contribution in [1.29, 1.82) is 0 Å². The van der Waals surface area contributed by atoms with Crippen molar-refractivity contribution in [2.75, 3.05) is 12.4 Å². The van der Waals surface area contributed by atoms with E-state index >= 15 is 0 Å². The molecule has 2 N–H and O–H groups in total. The van der Waals surface area contributed by atoms with Gasteiger partial charge in [0.1, 0.15) is 17.0 Å². The van der Waals surface area contributed by atoms with Crippen molar-refractivity contribution in [3.05, 3.63) is 87.6 Å². The number of fused-ring (bicyclic) bond motifs is 1. The zero-order valence-corrected chi connectivity index (χ0v) is 19.3. The van der Waals surface area contributed by atoms with Crippen molar-refractivity contribution in [2.24, 2.45) is 5.92 Å². The number of hydrogen-bond donors (Lipinski definition) is 2. The molecule has 0 unspecified atom stereocenters. The third-order valence-corrected chi connectivity index (χ3v) is 5.35. The Kier molecular flexibility index (Phi) is 6.83. The van der Waals surface area contributed by atoms with E-state index in [4.69, 9.17) is 4.74 Å². The molecule has 0 bridgehead atoms. The van der Waals surface area contributed by atoms with Crippen LogP contribution in [0.25, 0.3) is 11.0 Å². The predicted molar refractivity (Wildman–Crippen MR) is 127 cm³/mol. The number of aromatic nitrogens is 4. The fourth-order valence-corrected chi connectivity index (χ4v) is 3.77. The zero-order chi connectivity index (χ0) is 24.2. The van der Waals surface area contributed by atoms with Gasteiger partial charge in [0.25, 0.3) is 11.5 Å². The number of nitrogens with one attached hydrogen (secondary N) is 2. The number of aromatic amines is 1. The topological polar surface area (TPSA) is 102 Å². The lowest BCUT2D eigenvalue weighted by Crippen LogP contribution is -2.29. The summed E-state index contributed by atoms with van der Waals surface area (Å²) in [6.07, 6.45) is 1.83. The molecule has 0 saturated carbocycles. The molecule has 0 aliphatic heterocycles. The lowest BCUT2D eigenvalue weighted by Gasteiger charge is -2.14. The van der Waals surface area contributed by atoms with Gasteiger partial charge in [-0.3, -0.25) is 14.6 Å². The summed E-state index contributed by atoms with van der Waals surface area (Å²) in [6, 6.07) is 11.9. The summed E-state index contributed by atoms with van der Waals surface area (Å²) in [5.74, 6) is -0.191. The highest BCUT2D eigenvalue weighted by atomic mass is 19.1. The molecule has 34 heavy (non-hydrogen) atoms. The van der Waals surface area contributed by atoms with Gasteiger partial charge in [0.2, 0.25) is 0 Å². The number of benzene rings is 1. The number of H-pyrrole nitrogens is 1. The molecule has 0 aliphatic rings. The van der Waals surface area contributed by atoms with E-state index in [1.807, 2.05) is 6.07 Å². The average molecular weight is 464 g/mol. The Bertz CT molecular complexity index is 1380. The molecule has 4 aromatic rings. The normalized spacial score (nSPS) is 11.3. The van der Waals surface area contributed by atoms with Crippen LogP contribution in [0.15, 0.2) is 53.5 Å². The first kappa shape index (κ1) is 23.3. The first-order valence-electron chi connectivity index (χ1n) is 11.0. The second-order valence-corrected chi connectivity index (χ2v) is 8.44. The molecule has 0 saturated heterocycles. The molecule has 0 atom stereocenters. The van der Waals surface area contributed by atoms with E-state index in [9.17, 15) is 14.0 Å². The average Bonchev–Trinajstić information content (AvgIpc) is 3.25. The molecule has 4 rings (SSSR count). The van der Waals surface area contributed by atoms with Crippen LogP contribution in [0.5, 0.6) is 0 Å². The number of nitrogens with zero attached hydrogens (tertiary/aromatic N) is 3. The van der Waals surface area contributed by atoms with Crippen molar-refractivity contribution in [2.45, 2.75) is 33.4 Å². The summed E-state index contributed by atoms with van der Waals surface area (Å²) in [4.78, 5) is 37.6. The van der Waals surface area contributed by atoms with Crippen LogP contribution in [-0.2, 0) is 24.3 Å². The second kappa shape index (κ2) is 9.96. The van der Waals surface area contributed by atoms with E-state index in [2.05, 4.69) is 34.1 Å². The van der Waals surface area contributed by atoms with Crippen LogP contribution in [0.4, 0.5) is 10.1 Å². The largest absolute Gasteiger partial charge is 0.378 e. The maximum absolute atomic E-state index is 14.4. The number of pyridine rings is 2. The smallest absolute Gasteiger partial charge is 0.275 e.